The normalized spacial score (nSPS) is 10.0. The standard InChI is InChI=1S/C16H14N2O3/c1-2-3-7-11-17-12-10-14(19)18(16(17)21)15(20)13-8-5-4-6-9-13/h1,4-6,8-10,12H,3,7,11H2. The van der Waals surface area contributed by atoms with Gasteiger partial charge >= 0.3 is 5.69 Å². The van der Waals surface area contributed by atoms with E-state index in [2.05, 4.69) is 5.92 Å². The Labute approximate surface area is 121 Å². The van der Waals surface area contributed by atoms with Crippen LogP contribution in [0.1, 0.15) is 23.2 Å². The molecule has 0 radical (unpaired) electrons. The Kier molecular flexibility index (Phi) is 4.52. The molecule has 0 atom stereocenters. The van der Waals surface area contributed by atoms with Crippen LogP contribution in [0.4, 0.5) is 0 Å². The Morgan fingerprint density at radius 3 is 2.52 bits per heavy atom. The van der Waals surface area contributed by atoms with Gasteiger partial charge in [-0.05, 0) is 18.6 Å². The second-order valence-corrected chi connectivity index (χ2v) is 4.44. The quantitative estimate of drug-likeness (QED) is 0.623. The summed E-state index contributed by atoms with van der Waals surface area (Å²) in [5.41, 5.74) is -0.992. The molecule has 0 amide bonds. The summed E-state index contributed by atoms with van der Waals surface area (Å²) in [5.74, 6) is 1.85. The van der Waals surface area contributed by atoms with Crippen LogP contribution in [0.25, 0.3) is 0 Å². The molecule has 0 saturated heterocycles. The van der Waals surface area contributed by atoms with Crippen LogP contribution in [-0.4, -0.2) is 15.0 Å². The molecule has 0 bridgehead atoms. The average Bonchev–Trinajstić information content (AvgIpc) is 2.50. The lowest BCUT2D eigenvalue weighted by Crippen LogP contribution is -2.43. The summed E-state index contributed by atoms with van der Waals surface area (Å²) in [4.78, 5) is 36.4. The minimum absolute atomic E-state index is 0.290. The highest BCUT2D eigenvalue weighted by molar-refractivity contribution is 5.95. The number of benzene rings is 1. The van der Waals surface area contributed by atoms with Crippen molar-refractivity contribution in [1.29, 1.82) is 0 Å². The highest BCUT2D eigenvalue weighted by atomic mass is 16.2. The van der Waals surface area contributed by atoms with Gasteiger partial charge in [-0.2, -0.15) is 4.57 Å². The smallest absolute Gasteiger partial charge is 0.300 e. The number of carbonyl (C=O) groups is 1. The molecular weight excluding hydrogens is 268 g/mol. The number of aryl methyl sites for hydroxylation is 1. The van der Waals surface area contributed by atoms with E-state index in [-0.39, 0.29) is 5.56 Å². The second-order valence-electron chi connectivity index (χ2n) is 4.44. The van der Waals surface area contributed by atoms with Crippen molar-refractivity contribution >= 4 is 5.91 Å². The topological polar surface area (TPSA) is 61.1 Å². The summed E-state index contributed by atoms with van der Waals surface area (Å²) in [7, 11) is 0. The fourth-order valence-corrected chi connectivity index (χ4v) is 1.93. The van der Waals surface area contributed by atoms with Crippen molar-refractivity contribution in [3.8, 4) is 12.3 Å². The molecule has 106 valence electrons. The molecule has 1 aromatic carbocycles. The van der Waals surface area contributed by atoms with Crippen molar-refractivity contribution in [3.63, 3.8) is 0 Å². The third-order valence-corrected chi connectivity index (χ3v) is 3.00. The molecule has 0 spiro atoms. The van der Waals surface area contributed by atoms with Gasteiger partial charge < -0.3 is 4.57 Å². The molecule has 1 aromatic heterocycles. The summed E-state index contributed by atoms with van der Waals surface area (Å²) in [6, 6.07) is 9.42. The number of hydrogen-bond acceptors (Lipinski definition) is 3. The molecule has 1 heterocycles. The number of hydrogen-bond donors (Lipinski definition) is 0. The van der Waals surface area contributed by atoms with E-state index in [4.69, 9.17) is 6.42 Å². The van der Waals surface area contributed by atoms with Crippen molar-refractivity contribution in [3.05, 3.63) is 69.0 Å². The predicted octanol–water partition coefficient (Wildman–Crippen LogP) is 1.11. The minimum atomic E-state index is -0.645. The number of aromatic nitrogens is 2. The maximum absolute atomic E-state index is 12.3. The molecule has 21 heavy (non-hydrogen) atoms. The lowest BCUT2D eigenvalue weighted by molar-refractivity contribution is 0.0948. The van der Waals surface area contributed by atoms with Crippen molar-refractivity contribution in [2.75, 3.05) is 0 Å². The van der Waals surface area contributed by atoms with E-state index in [1.807, 2.05) is 0 Å². The Morgan fingerprint density at radius 1 is 1.14 bits per heavy atom. The van der Waals surface area contributed by atoms with Gasteiger partial charge in [0.05, 0.1) is 0 Å². The largest absolute Gasteiger partial charge is 0.338 e. The zero-order valence-electron chi connectivity index (χ0n) is 11.4. The Balaban J connectivity index is 2.42. The van der Waals surface area contributed by atoms with Crippen molar-refractivity contribution < 1.29 is 4.79 Å². The Bertz CT molecular complexity index is 795. The molecule has 0 aliphatic rings. The molecule has 5 heteroatoms. The van der Waals surface area contributed by atoms with Crippen LogP contribution in [0.3, 0.4) is 0 Å². The summed E-state index contributed by atoms with van der Waals surface area (Å²) >= 11 is 0. The lowest BCUT2D eigenvalue weighted by Gasteiger charge is -2.08. The molecule has 0 aliphatic carbocycles. The molecule has 0 fully saturated rings. The monoisotopic (exact) mass is 282 g/mol. The van der Waals surface area contributed by atoms with Gasteiger partial charge in [0, 0.05) is 30.8 Å². The molecule has 0 N–H and O–H groups in total. The zero-order chi connectivity index (χ0) is 15.2. The van der Waals surface area contributed by atoms with E-state index >= 15 is 0 Å². The van der Waals surface area contributed by atoms with E-state index < -0.39 is 17.2 Å². The fourth-order valence-electron chi connectivity index (χ4n) is 1.93. The van der Waals surface area contributed by atoms with Crippen molar-refractivity contribution in [1.82, 2.24) is 9.13 Å². The number of unbranched alkanes of at least 4 members (excludes halogenated alkanes) is 1. The summed E-state index contributed by atoms with van der Waals surface area (Å²) in [6.07, 6.45) is 7.68. The first-order chi connectivity index (χ1) is 10.1. The average molecular weight is 282 g/mol. The Hall–Kier alpha value is -2.87. The van der Waals surface area contributed by atoms with Crippen molar-refractivity contribution in [2.45, 2.75) is 19.4 Å². The van der Waals surface area contributed by atoms with E-state index in [0.717, 1.165) is 0 Å². The van der Waals surface area contributed by atoms with Gasteiger partial charge in [0.2, 0.25) is 0 Å². The van der Waals surface area contributed by atoms with Crippen LogP contribution < -0.4 is 11.2 Å². The van der Waals surface area contributed by atoms with Crippen LogP contribution in [0.15, 0.2) is 52.2 Å². The van der Waals surface area contributed by atoms with E-state index in [1.165, 1.54) is 16.8 Å². The van der Waals surface area contributed by atoms with Gasteiger partial charge in [-0.15, -0.1) is 12.3 Å². The molecule has 5 nitrogen and oxygen atoms in total. The molecular formula is C16H14N2O3. The highest BCUT2D eigenvalue weighted by Gasteiger charge is 2.14. The van der Waals surface area contributed by atoms with E-state index in [1.54, 1.807) is 30.3 Å². The molecule has 0 unspecified atom stereocenters. The molecule has 2 aromatic rings. The van der Waals surface area contributed by atoms with Crippen molar-refractivity contribution in [2.24, 2.45) is 0 Å². The number of terminal acetylenes is 1. The first kappa shape index (κ1) is 14.5. The van der Waals surface area contributed by atoms with Gasteiger partial charge in [0.15, 0.2) is 0 Å². The third kappa shape index (κ3) is 3.18. The fraction of sp³-hybridized carbons (Fsp3) is 0.188. The maximum Gasteiger partial charge on any atom is 0.338 e. The summed E-state index contributed by atoms with van der Waals surface area (Å²) in [6.45, 7) is 0.366. The first-order valence-corrected chi connectivity index (χ1v) is 6.51. The highest BCUT2D eigenvalue weighted by Crippen LogP contribution is 1.99. The minimum Gasteiger partial charge on any atom is -0.300 e. The van der Waals surface area contributed by atoms with Gasteiger partial charge in [-0.1, -0.05) is 18.2 Å². The van der Waals surface area contributed by atoms with Gasteiger partial charge in [-0.3, -0.25) is 9.59 Å². The zero-order valence-corrected chi connectivity index (χ0v) is 11.4. The van der Waals surface area contributed by atoms with Gasteiger partial charge in [0.1, 0.15) is 0 Å². The first-order valence-electron chi connectivity index (χ1n) is 6.51. The van der Waals surface area contributed by atoms with E-state index in [9.17, 15) is 14.4 Å². The molecule has 0 aliphatic heterocycles. The SMILES string of the molecule is C#CCCCn1ccc(=O)n(C(=O)c2ccccc2)c1=O. The number of rotatable bonds is 4. The van der Waals surface area contributed by atoms with Crippen LogP contribution in [0, 0.1) is 12.3 Å². The molecule has 0 saturated carbocycles. The Morgan fingerprint density at radius 2 is 1.86 bits per heavy atom. The summed E-state index contributed by atoms with van der Waals surface area (Å²) in [5, 5.41) is 0. The van der Waals surface area contributed by atoms with Gasteiger partial charge in [0.25, 0.3) is 11.5 Å². The number of carbonyl (C=O) groups excluding carboxylic acids is 1. The second kappa shape index (κ2) is 6.53. The maximum atomic E-state index is 12.3. The number of nitrogens with zero attached hydrogens (tertiary/aromatic N) is 2. The van der Waals surface area contributed by atoms with Crippen LogP contribution in [0.5, 0.6) is 0 Å². The van der Waals surface area contributed by atoms with Crippen LogP contribution >= 0.6 is 0 Å². The third-order valence-electron chi connectivity index (χ3n) is 3.00. The lowest BCUT2D eigenvalue weighted by atomic mass is 10.2. The van der Waals surface area contributed by atoms with Gasteiger partial charge in [-0.25, -0.2) is 4.79 Å². The molecule has 2 rings (SSSR count). The van der Waals surface area contributed by atoms with E-state index in [0.29, 0.717) is 24.0 Å². The van der Waals surface area contributed by atoms with Crippen LogP contribution in [-0.2, 0) is 6.54 Å². The summed E-state index contributed by atoms with van der Waals surface area (Å²) < 4.78 is 1.96. The van der Waals surface area contributed by atoms with Crippen LogP contribution in [0.2, 0.25) is 0 Å². The predicted molar refractivity (Wildman–Crippen MR) is 79.2 cm³/mol.